The Morgan fingerprint density at radius 2 is 2.24 bits per heavy atom. The quantitative estimate of drug-likeness (QED) is 0.876. The largest absolute Gasteiger partial charge is 0.490 e. The third-order valence-corrected chi connectivity index (χ3v) is 4.03. The van der Waals surface area contributed by atoms with E-state index >= 15 is 0 Å². The van der Waals surface area contributed by atoms with Gasteiger partial charge < -0.3 is 15.8 Å². The van der Waals surface area contributed by atoms with Crippen LogP contribution in [0.5, 0.6) is 5.75 Å². The number of nitrogens with two attached hydrogens (primary N) is 1. The Labute approximate surface area is 127 Å². The second kappa shape index (κ2) is 6.48. The second-order valence-electron chi connectivity index (χ2n) is 6.40. The van der Waals surface area contributed by atoms with Crippen molar-refractivity contribution in [1.82, 2.24) is 5.32 Å². The van der Waals surface area contributed by atoms with Crippen molar-refractivity contribution in [3.63, 3.8) is 0 Å². The Hall–Kier alpha value is -1.55. The first-order valence-corrected chi connectivity index (χ1v) is 7.72. The van der Waals surface area contributed by atoms with E-state index in [4.69, 9.17) is 10.5 Å². The fraction of sp³-hybridized carbons (Fsp3) is 0.588. The van der Waals surface area contributed by atoms with Crippen molar-refractivity contribution in [3.8, 4) is 5.75 Å². The molecule has 4 nitrogen and oxygen atoms in total. The SMILES string of the molecule is Cc1cccc(OC2CCCC(NC(C)C)(C(N)=O)C2)c1. The predicted octanol–water partition coefficient (Wildman–Crippen LogP) is 2.54. The van der Waals surface area contributed by atoms with Gasteiger partial charge in [-0.25, -0.2) is 0 Å². The highest BCUT2D eigenvalue weighted by molar-refractivity contribution is 5.84. The average molecular weight is 290 g/mol. The molecule has 1 fully saturated rings. The minimum absolute atomic E-state index is 0.0271. The fourth-order valence-corrected chi connectivity index (χ4v) is 3.18. The number of carbonyl (C=O) groups is 1. The fourth-order valence-electron chi connectivity index (χ4n) is 3.18. The highest BCUT2D eigenvalue weighted by atomic mass is 16.5. The Bertz CT molecular complexity index is 501. The molecule has 0 bridgehead atoms. The second-order valence-corrected chi connectivity index (χ2v) is 6.40. The molecule has 1 amide bonds. The van der Waals surface area contributed by atoms with Crippen LogP contribution in [0.1, 0.15) is 45.1 Å². The maximum absolute atomic E-state index is 12.0. The summed E-state index contributed by atoms with van der Waals surface area (Å²) in [6.07, 6.45) is 3.35. The summed E-state index contributed by atoms with van der Waals surface area (Å²) in [5.74, 6) is 0.596. The molecule has 1 aromatic carbocycles. The van der Waals surface area contributed by atoms with Gasteiger partial charge in [0.15, 0.2) is 0 Å². The molecule has 4 heteroatoms. The normalized spacial score (nSPS) is 25.8. The topological polar surface area (TPSA) is 64.3 Å². The van der Waals surface area contributed by atoms with Crippen LogP contribution in [0.4, 0.5) is 0 Å². The van der Waals surface area contributed by atoms with Gasteiger partial charge in [0.1, 0.15) is 17.4 Å². The lowest BCUT2D eigenvalue weighted by molar-refractivity contribution is -0.127. The number of benzene rings is 1. The van der Waals surface area contributed by atoms with Crippen LogP contribution >= 0.6 is 0 Å². The maximum Gasteiger partial charge on any atom is 0.237 e. The number of rotatable bonds is 5. The summed E-state index contributed by atoms with van der Waals surface area (Å²) in [7, 11) is 0. The molecule has 116 valence electrons. The van der Waals surface area contributed by atoms with Crippen LogP contribution in [0.3, 0.4) is 0 Å². The lowest BCUT2D eigenvalue weighted by atomic mass is 9.79. The van der Waals surface area contributed by atoms with E-state index in [2.05, 4.69) is 5.32 Å². The number of nitrogens with one attached hydrogen (secondary N) is 1. The maximum atomic E-state index is 12.0. The van der Waals surface area contributed by atoms with Gasteiger partial charge in [-0.05, 0) is 57.7 Å². The lowest BCUT2D eigenvalue weighted by Gasteiger charge is -2.40. The van der Waals surface area contributed by atoms with Gasteiger partial charge in [0.25, 0.3) is 0 Å². The van der Waals surface area contributed by atoms with Crippen LogP contribution in [0, 0.1) is 6.92 Å². The van der Waals surface area contributed by atoms with Gasteiger partial charge in [0.2, 0.25) is 5.91 Å². The number of amides is 1. The lowest BCUT2D eigenvalue weighted by Crippen LogP contribution is -2.61. The third-order valence-electron chi connectivity index (χ3n) is 4.03. The summed E-state index contributed by atoms with van der Waals surface area (Å²) in [4.78, 5) is 12.0. The highest BCUT2D eigenvalue weighted by Crippen LogP contribution is 2.31. The molecule has 0 spiro atoms. The van der Waals surface area contributed by atoms with Gasteiger partial charge in [-0.1, -0.05) is 12.1 Å². The standard InChI is InChI=1S/C17H26N2O2/c1-12(2)19-17(16(18)20)9-5-8-15(11-17)21-14-7-4-6-13(3)10-14/h4,6-7,10,12,15,19H,5,8-9,11H2,1-3H3,(H2,18,20). The number of hydrogen-bond donors (Lipinski definition) is 2. The first kappa shape index (κ1) is 15.8. The summed E-state index contributed by atoms with van der Waals surface area (Å²) in [6, 6.07) is 8.23. The zero-order valence-electron chi connectivity index (χ0n) is 13.2. The van der Waals surface area contributed by atoms with E-state index in [9.17, 15) is 4.79 Å². The molecule has 2 rings (SSSR count). The highest BCUT2D eigenvalue weighted by Gasteiger charge is 2.42. The molecule has 0 aromatic heterocycles. The van der Waals surface area contributed by atoms with Gasteiger partial charge in [0, 0.05) is 12.5 Å². The smallest absolute Gasteiger partial charge is 0.237 e. The zero-order chi connectivity index (χ0) is 15.5. The molecule has 0 radical (unpaired) electrons. The van der Waals surface area contributed by atoms with E-state index in [1.807, 2.05) is 45.0 Å². The van der Waals surface area contributed by atoms with Crippen molar-refractivity contribution in [2.45, 2.75) is 64.1 Å². The third kappa shape index (κ3) is 3.97. The van der Waals surface area contributed by atoms with Crippen LogP contribution in [0.2, 0.25) is 0 Å². The van der Waals surface area contributed by atoms with Gasteiger partial charge in [-0.2, -0.15) is 0 Å². The van der Waals surface area contributed by atoms with Gasteiger partial charge in [0.05, 0.1) is 0 Å². The molecule has 3 N–H and O–H groups in total. The molecular weight excluding hydrogens is 264 g/mol. The molecule has 0 aliphatic heterocycles. The Kier molecular flexibility index (Phi) is 4.88. The van der Waals surface area contributed by atoms with Gasteiger partial charge >= 0.3 is 0 Å². The molecular formula is C17H26N2O2. The summed E-state index contributed by atoms with van der Waals surface area (Å²) in [5.41, 5.74) is 6.21. The monoisotopic (exact) mass is 290 g/mol. The molecule has 0 saturated heterocycles. The molecule has 21 heavy (non-hydrogen) atoms. The van der Waals surface area contributed by atoms with E-state index in [1.54, 1.807) is 0 Å². The predicted molar refractivity (Wildman–Crippen MR) is 84.3 cm³/mol. The van der Waals surface area contributed by atoms with Crippen molar-refractivity contribution < 1.29 is 9.53 Å². The minimum Gasteiger partial charge on any atom is -0.490 e. The Morgan fingerprint density at radius 3 is 2.86 bits per heavy atom. The molecule has 1 aliphatic carbocycles. The number of aryl methyl sites for hydroxylation is 1. The number of hydrogen-bond acceptors (Lipinski definition) is 3. The minimum atomic E-state index is -0.638. The first-order chi connectivity index (χ1) is 9.91. The molecule has 0 heterocycles. The molecule has 1 aromatic rings. The van der Waals surface area contributed by atoms with Crippen LogP contribution in [-0.2, 0) is 4.79 Å². The Morgan fingerprint density at radius 1 is 1.48 bits per heavy atom. The summed E-state index contributed by atoms with van der Waals surface area (Å²) in [6.45, 7) is 6.12. The molecule has 1 aliphatic rings. The van der Waals surface area contributed by atoms with E-state index in [-0.39, 0.29) is 18.1 Å². The van der Waals surface area contributed by atoms with Crippen molar-refractivity contribution in [2.24, 2.45) is 5.73 Å². The van der Waals surface area contributed by atoms with Crippen LogP contribution in [0.15, 0.2) is 24.3 Å². The average Bonchev–Trinajstić information content (AvgIpc) is 2.38. The summed E-state index contributed by atoms with van der Waals surface area (Å²) >= 11 is 0. The zero-order valence-corrected chi connectivity index (χ0v) is 13.2. The van der Waals surface area contributed by atoms with Crippen molar-refractivity contribution in [1.29, 1.82) is 0 Å². The van der Waals surface area contributed by atoms with Crippen molar-refractivity contribution in [2.75, 3.05) is 0 Å². The van der Waals surface area contributed by atoms with Gasteiger partial charge in [-0.3, -0.25) is 4.79 Å². The van der Waals surface area contributed by atoms with Crippen molar-refractivity contribution >= 4 is 5.91 Å². The summed E-state index contributed by atoms with van der Waals surface area (Å²) in [5, 5.41) is 3.37. The van der Waals surface area contributed by atoms with Crippen LogP contribution in [-0.4, -0.2) is 23.6 Å². The molecule has 2 unspecified atom stereocenters. The van der Waals surface area contributed by atoms with E-state index in [0.717, 1.165) is 25.0 Å². The van der Waals surface area contributed by atoms with E-state index < -0.39 is 5.54 Å². The number of primary amides is 1. The van der Waals surface area contributed by atoms with E-state index in [1.165, 1.54) is 5.56 Å². The molecule has 2 atom stereocenters. The van der Waals surface area contributed by atoms with Crippen LogP contribution < -0.4 is 15.8 Å². The first-order valence-electron chi connectivity index (χ1n) is 7.72. The van der Waals surface area contributed by atoms with E-state index in [0.29, 0.717) is 6.42 Å². The number of carbonyl (C=O) groups excluding carboxylic acids is 1. The summed E-state index contributed by atoms with van der Waals surface area (Å²) < 4.78 is 6.08. The number of ether oxygens (including phenoxy) is 1. The molecule has 1 saturated carbocycles. The van der Waals surface area contributed by atoms with Crippen molar-refractivity contribution in [3.05, 3.63) is 29.8 Å². The Balaban J connectivity index is 2.10. The van der Waals surface area contributed by atoms with Crippen LogP contribution in [0.25, 0.3) is 0 Å². The van der Waals surface area contributed by atoms with Gasteiger partial charge in [-0.15, -0.1) is 0 Å².